The molecule has 0 saturated carbocycles. The number of carbonyl (C=O) groups excluding carboxylic acids is 3. The van der Waals surface area contributed by atoms with E-state index in [9.17, 15) is 68.3 Å². The molecular weight excluding hydrogens is 680 g/mol. The van der Waals surface area contributed by atoms with E-state index in [2.05, 4.69) is 4.31 Å². The number of aliphatic hydroxyl groups excluding tert-OH is 7. The first-order chi connectivity index (χ1) is 20.9. The molecule has 1 aromatic rings. The molecule has 24 nitrogen and oxygen atoms in total. The van der Waals surface area contributed by atoms with Crippen LogP contribution in [0.2, 0.25) is 0 Å². The van der Waals surface area contributed by atoms with Crippen LogP contribution in [0.25, 0.3) is 0 Å². The highest BCUT2D eigenvalue weighted by Crippen LogP contribution is 2.58. The fraction of sp³-hybridized carbons (Fsp3) is 0.600. The predicted octanol–water partition coefficient (Wildman–Crippen LogP) is -6.80. The maximum atomic E-state index is 11.8. The standard InChI is InChI=1S/C9H12N2O6.C8H17NO12P2.C3H4O3/c12-3-4-6(14)7(15)8(17-4)11-2-1-5(13)10-9(11)16;1-3(11)9-5(7(14)6(13)4(12)2-10)8(15)22(16,17)21-23(18,19)20;1-2(4)3(5)6/h1-2,4,6-8,12,14-15H,3H2,(H,10,13,16);4-7,10,12-14H,2H2,1H3,(H,9,11)(H,16,17)(H2,18,19,20);1H3,(H,5,6)/t4-,6-,7-,8-;4-,5-,6-,7-;/m11./s1. The molecule has 0 bridgehead atoms. The molecule has 0 aliphatic carbocycles. The molecular formula is C20H33N3O21P2. The summed E-state index contributed by atoms with van der Waals surface area (Å²) in [5, 5.41) is 74.4. The number of Topliss-reactive ketones (excluding diaryl/α,β-unsaturated/α-hetero) is 1. The molecule has 9 atom stereocenters. The first-order valence-electron chi connectivity index (χ1n) is 12.2. The lowest BCUT2D eigenvalue weighted by Crippen LogP contribution is -2.55. The molecule has 1 fully saturated rings. The molecule has 0 radical (unpaired) electrons. The highest BCUT2D eigenvalue weighted by molar-refractivity contribution is 7.76. The Morgan fingerprint density at radius 2 is 1.54 bits per heavy atom. The number of aliphatic hydroxyl groups is 7. The van der Waals surface area contributed by atoms with E-state index < -0.39 is 112 Å². The maximum Gasteiger partial charge on any atom is 0.477 e. The number of carbonyl (C=O) groups is 4. The van der Waals surface area contributed by atoms with Crippen molar-refractivity contribution in [1.29, 1.82) is 0 Å². The van der Waals surface area contributed by atoms with E-state index in [1.165, 1.54) is 0 Å². The molecule has 1 aliphatic heterocycles. The van der Waals surface area contributed by atoms with Crippen LogP contribution in [0.15, 0.2) is 21.9 Å². The number of rotatable bonds is 12. The molecule has 0 spiro atoms. The van der Waals surface area contributed by atoms with Crippen LogP contribution in [-0.2, 0) is 37.4 Å². The molecule has 46 heavy (non-hydrogen) atoms. The van der Waals surface area contributed by atoms with Gasteiger partial charge in [0.1, 0.15) is 42.7 Å². The van der Waals surface area contributed by atoms with Gasteiger partial charge in [-0.25, -0.2) is 18.5 Å². The van der Waals surface area contributed by atoms with Crippen LogP contribution in [-0.4, -0.2) is 144 Å². The second-order valence-electron chi connectivity index (χ2n) is 8.95. The summed E-state index contributed by atoms with van der Waals surface area (Å²) in [4.78, 5) is 92.2. The van der Waals surface area contributed by atoms with Crippen molar-refractivity contribution in [2.24, 2.45) is 0 Å². The minimum Gasteiger partial charge on any atom is -0.476 e. The van der Waals surface area contributed by atoms with Crippen molar-refractivity contribution in [3.8, 4) is 0 Å². The molecule has 1 unspecified atom stereocenters. The summed E-state index contributed by atoms with van der Waals surface area (Å²) >= 11 is 0. The summed E-state index contributed by atoms with van der Waals surface area (Å²) in [5.74, 6) is -3.23. The van der Waals surface area contributed by atoms with Gasteiger partial charge < -0.3 is 65.6 Å². The second kappa shape index (κ2) is 18.3. The molecule has 1 aliphatic rings. The number of ether oxygens (including phenoxy) is 1. The highest BCUT2D eigenvalue weighted by Gasteiger charge is 2.47. The Balaban J connectivity index is 0.000000766. The zero-order valence-corrected chi connectivity index (χ0v) is 25.3. The lowest BCUT2D eigenvalue weighted by atomic mass is 10.0. The van der Waals surface area contributed by atoms with Gasteiger partial charge in [0.05, 0.1) is 13.2 Å². The van der Waals surface area contributed by atoms with Crippen LogP contribution in [0.5, 0.6) is 0 Å². The summed E-state index contributed by atoms with van der Waals surface area (Å²) in [6.45, 7) is 0.290. The number of H-pyrrole nitrogens is 1. The van der Waals surface area contributed by atoms with Gasteiger partial charge in [-0.2, -0.15) is 0 Å². The smallest absolute Gasteiger partial charge is 0.476 e. The van der Waals surface area contributed by atoms with Crippen molar-refractivity contribution in [2.45, 2.75) is 62.7 Å². The van der Waals surface area contributed by atoms with Crippen molar-refractivity contribution in [3.05, 3.63) is 33.1 Å². The average molecular weight is 713 g/mol. The topological polar surface area (TPSA) is 410 Å². The number of carboxylic acids is 1. The van der Waals surface area contributed by atoms with Crippen molar-refractivity contribution in [3.63, 3.8) is 0 Å². The fourth-order valence-electron chi connectivity index (χ4n) is 3.14. The number of hydrogen-bond acceptors (Lipinski definition) is 17. The van der Waals surface area contributed by atoms with Gasteiger partial charge in [0.25, 0.3) is 11.1 Å². The number of aromatic amines is 1. The first-order valence-corrected chi connectivity index (χ1v) is 15.3. The average Bonchev–Trinajstić information content (AvgIpc) is 3.22. The highest BCUT2D eigenvalue weighted by atomic mass is 31.3. The summed E-state index contributed by atoms with van der Waals surface area (Å²) in [5.41, 5.74) is -3.38. The molecule has 2 rings (SSSR count). The molecule has 1 amide bonds. The van der Waals surface area contributed by atoms with E-state index >= 15 is 0 Å². The van der Waals surface area contributed by atoms with Crippen LogP contribution in [0, 0.1) is 0 Å². The zero-order valence-electron chi connectivity index (χ0n) is 23.5. The number of hydrogen-bond donors (Lipinski definition) is 13. The van der Waals surface area contributed by atoms with Crippen LogP contribution < -0.4 is 16.6 Å². The van der Waals surface area contributed by atoms with Crippen molar-refractivity contribution in [2.75, 3.05) is 13.2 Å². The van der Waals surface area contributed by atoms with Gasteiger partial charge in [-0.05, 0) is 0 Å². The SMILES string of the molecule is CC(=O)C(=O)O.CC(=O)N[C@@H](C(=O)P(=O)(O)OP(=O)(O)O)[C@@H](O)[C@H](O)[C@H](O)CO.O=c1ccn([C@@H]2O[C@H](CO)[C@@H](O)[C@H]2O)c(=O)[nH]1. The molecule has 1 aromatic heterocycles. The summed E-state index contributed by atoms with van der Waals surface area (Å²) in [7, 11) is -11.3. The third-order valence-electron chi connectivity index (χ3n) is 5.34. The van der Waals surface area contributed by atoms with Gasteiger partial charge in [-0.3, -0.25) is 33.3 Å². The van der Waals surface area contributed by atoms with Crippen molar-refractivity contribution >= 4 is 38.6 Å². The van der Waals surface area contributed by atoms with E-state index in [0.717, 1.165) is 30.7 Å². The Kier molecular flexibility index (Phi) is 17.1. The van der Waals surface area contributed by atoms with Gasteiger partial charge >= 0.3 is 27.1 Å². The number of aromatic nitrogens is 2. The molecule has 264 valence electrons. The van der Waals surface area contributed by atoms with E-state index in [0.29, 0.717) is 0 Å². The van der Waals surface area contributed by atoms with E-state index in [-0.39, 0.29) is 0 Å². The Morgan fingerprint density at radius 1 is 1.02 bits per heavy atom. The lowest BCUT2D eigenvalue weighted by Gasteiger charge is -2.29. The third kappa shape index (κ3) is 13.4. The Bertz CT molecular complexity index is 1410. The predicted molar refractivity (Wildman–Crippen MR) is 143 cm³/mol. The maximum absolute atomic E-state index is 11.8. The third-order valence-corrected chi connectivity index (χ3v) is 7.91. The Labute approximate surface area is 255 Å². The number of amides is 1. The normalized spacial score (nSPS) is 23.1. The molecule has 13 N–H and O–H groups in total. The van der Waals surface area contributed by atoms with Crippen molar-refractivity contribution in [1.82, 2.24) is 14.9 Å². The van der Waals surface area contributed by atoms with E-state index in [4.69, 9.17) is 29.8 Å². The van der Waals surface area contributed by atoms with Gasteiger partial charge in [-0.15, -0.1) is 0 Å². The molecule has 0 aromatic carbocycles. The number of ketones is 1. The zero-order chi connectivity index (χ0) is 36.3. The summed E-state index contributed by atoms with van der Waals surface area (Å²) in [6.07, 6.45) is -10.2. The summed E-state index contributed by atoms with van der Waals surface area (Å²) in [6, 6.07) is -1.26. The first kappa shape index (κ1) is 42.9. The van der Waals surface area contributed by atoms with E-state index in [1.807, 2.05) is 4.98 Å². The van der Waals surface area contributed by atoms with Crippen LogP contribution >= 0.6 is 15.4 Å². The number of aliphatic carboxylic acids is 1. The fourth-order valence-corrected chi connectivity index (χ4v) is 5.19. The van der Waals surface area contributed by atoms with Crippen LogP contribution in [0.1, 0.15) is 20.1 Å². The van der Waals surface area contributed by atoms with Gasteiger partial charge in [0.2, 0.25) is 11.7 Å². The lowest BCUT2D eigenvalue weighted by molar-refractivity contribution is -0.148. The largest absolute Gasteiger partial charge is 0.477 e. The Morgan fingerprint density at radius 3 is 1.91 bits per heavy atom. The number of phosphoric acid groups is 1. The van der Waals surface area contributed by atoms with Gasteiger partial charge in [0.15, 0.2) is 6.23 Å². The Hall–Kier alpha value is -3.06. The van der Waals surface area contributed by atoms with Crippen molar-refractivity contribution < 1.29 is 92.9 Å². The quantitative estimate of drug-likeness (QED) is 0.0707. The second-order valence-corrected chi connectivity index (χ2v) is 12.1. The minimum absolute atomic E-state index is 0.479. The van der Waals surface area contributed by atoms with Gasteiger partial charge in [-0.1, -0.05) is 0 Å². The monoisotopic (exact) mass is 713 g/mol. The summed E-state index contributed by atoms with van der Waals surface area (Å²) < 4.78 is 31.6. The van der Waals surface area contributed by atoms with E-state index in [1.54, 1.807) is 5.32 Å². The molecule has 26 heteroatoms. The number of nitrogens with zero attached hydrogens (tertiary/aromatic N) is 1. The van der Waals surface area contributed by atoms with Crippen LogP contribution in [0.4, 0.5) is 0 Å². The number of carboxylic acid groups (broad SMARTS) is 1. The molecule has 2 heterocycles. The number of nitrogens with one attached hydrogen (secondary N) is 2. The molecule has 1 saturated heterocycles. The van der Waals surface area contributed by atoms with Gasteiger partial charge in [0, 0.05) is 26.1 Å². The minimum atomic E-state index is -5.68. The van der Waals surface area contributed by atoms with Crippen LogP contribution in [0.3, 0.4) is 0 Å².